The molecule has 0 saturated carbocycles. The van der Waals surface area contributed by atoms with E-state index in [4.69, 9.17) is 9.40 Å². The Hall–Kier alpha value is -3.17. The molecule has 6 aromatic rings. The van der Waals surface area contributed by atoms with Crippen LogP contribution in [0, 0.1) is 12.8 Å². The Bertz CT molecular complexity index is 1740. The Labute approximate surface area is 210 Å². The van der Waals surface area contributed by atoms with E-state index in [1.54, 1.807) is 0 Å². The monoisotopic (exact) mass is 477 g/mol. The van der Waals surface area contributed by atoms with Gasteiger partial charge in [0, 0.05) is 38.2 Å². The van der Waals surface area contributed by atoms with Crippen molar-refractivity contribution in [3.05, 3.63) is 77.7 Å². The van der Waals surface area contributed by atoms with Crippen LogP contribution in [0.2, 0.25) is 0 Å². The second-order valence-electron chi connectivity index (χ2n) is 11.2. The van der Waals surface area contributed by atoms with Gasteiger partial charge in [-0.1, -0.05) is 58.9 Å². The molecule has 0 unspecified atom stereocenters. The van der Waals surface area contributed by atoms with Crippen LogP contribution >= 0.6 is 11.3 Å². The summed E-state index contributed by atoms with van der Waals surface area (Å²) in [6, 6.07) is 20.0. The summed E-state index contributed by atoms with van der Waals surface area (Å²) >= 11 is 1.82. The molecule has 0 radical (unpaired) electrons. The van der Waals surface area contributed by atoms with Gasteiger partial charge in [-0.15, -0.1) is 11.3 Å². The zero-order chi connectivity index (χ0) is 24.5. The second-order valence-corrected chi connectivity index (χ2v) is 12.2. The van der Waals surface area contributed by atoms with Crippen LogP contribution in [0.3, 0.4) is 0 Å². The molecule has 3 heterocycles. The molecule has 176 valence electrons. The first-order valence-electron chi connectivity index (χ1n) is 12.5. The molecule has 0 bridgehead atoms. The Balaban J connectivity index is 1.65. The summed E-state index contributed by atoms with van der Waals surface area (Å²) in [5.41, 5.74) is 5.99. The zero-order valence-corrected chi connectivity index (χ0v) is 22.1. The molecule has 0 amide bonds. The fourth-order valence-corrected chi connectivity index (χ4v) is 6.65. The molecule has 35 heavy (non-hydrogen) atoms. The van der Waals surface area contributed by atoms with Gasteiger partial charge in [-0.25, -0.2) is 0 Å². The summed E-state index contributed by atoms with van der Waals surface area (Å²) in [5.74, 6) is 1.63. The summed E-state index contributed by atoms with van der Waals surface area (Å²) in [4.78, 5) is 4.92. The van der Waals surface area contributed by atoms with E-state index < -0.39 is 0 Å². The molecule has 0 saturated heterocycles. The van der Waals surface area contributed by atoms with Gasteiger partial charge in [0.15, 0.2) is 0 Å². The van der Waals surface area contributed by atoms with Gasteiger partial charge in [0.2, 0.25) is 0 Å². The maximum Gasteiger partial charge on any atom is 0.143 e. The molecule has 0 fully saturated rings. The topological polar surface area (TPSA) is 26.0 Å². The quantitative estimate of drug-likeness (QED) is 0.253. The molecule has 3 aromatic carbocycles. The van der Waals surface area contributed by atoms with Crippen molar-refractivity contribution in [3.8, 4) is 11.3 Å². The van der Waals surface area contributed by atoms with Gasteiger partial charge < -0.3 is 4.42 Å². The lowest BCUT2D eigenvalue weighted by atomic mass is 9.82. The highest BCUT2D eigenvalue weighted by Crippen LogP contribution is 2.45. The number of pyridine rings is 1. The summed E-state index contributed by atoms with van der Waals surface area (Å²) in [7, 11) is 0. The smallest absolute Gasteiger partial charge is 0.143 e. The minimum atomic E-state index is 0.0361. The third-order valence-electron chi connectivity index (χ3n) is 7.07. The lowest BCUT2D eigenvalue weighted by Gasteiger charge is -2.22. The van der Waals surface area contributed by atoms with E-state index >= 15 is 0 Å². The van der Waals surface area contributed by atoms with Gasteiger partial charge in [-0.05, 0) is 71.3 Å². The van der Waals surface area contributed by atoms with Crippen LogP contribution in [0.4, 0.5) is 0 Å². The highest BCUT2D eigenvalue weighted by molar-refractivity contribution is 7.26. The predicted molar refractivity (Wildman–Crippen MR) is 152 cm³/mol. The molecular formula is C32H31NOS. The van der Waals surface area contributed by atoms with E-state index in [1.807, 2.05) is 17.5 Å². The van der Waals surface area contributed by atoms with Crippen LogP contribution in [0.5, 0.6) is 0 Å². The van der Waals surface area contributed by atoms with Gasteiger partial charge in [0.05, 0.1) is 10.4 Å². The molecule has 0 aliphatic rings. The van der Waals surface area contributed by atoms with Gasteiger partial charge in [-0.3, -0.25) is 4.98 Å². The Kier molecular flexibility index (Phi) is 5.05. The molecule has 0 aliphatic heterocycles. The van der Waals surface area contributed by atoms with Gasteiger partial charge >= 0.3 is 0 Å². The largest absolute Gasteiger partial charge is 0.460 e. The molecule has 6 rings (SSSR count). The zero-order valence-electron chi connectivity index (χ0n) is 21.3. The van der Waals surface area contributed by atoms with Gasteiger partial charge in [-0.2, -0.15) is 0 Å². The number of aromatic nitrogens is 1. The molecule has 0 N–H and O–H groups in total. The molecule has 0 spiro atoms. The number of benzene rings is 3. The summed E-state index contributed by atoms with van der Waals surface area (Å²) in [6.45, 7) is 13.5. The standard InChI is InChI=1S/C32H31NOS/c1-18(2)15-25-19(3)34-30-23(25)11-12-27-28(30)24-13-14-33-29(31(24)35-27)21-16-20-9-7-8-10-22(20)26(17-21)32(4,5)6/h7-14,16-18H,15H2,1-6H3. The number of hydrogen-bond acceptors (Lipinski definition) is 3. The summed E-state index contributed by atoms with van der Waals surface area (Å²) in [5, 5.41) is 6.29. The minimum absolute atomic E-state index is 0.0361. The lowest BCUT2D eigenvalue weighted by Crippen LogP contribution is -2.12. The molecule has 3 heteroatoms. The Morgan fingerprint density at radius 1 is 0.943 bits per heavy atom. The number of hydrogen-bond donors (Lipinski definition) is 0. The molecular weight excluding hydrogens is 446 g/mol. The Morgan fingerprint density at radius 2 is 1.74 bits per heavy atom. The third-order valence-corrected chi connectivity index (χ3v) is 8.24. The normalized spacial score (nSPS) is 12.7. The highest BCUT2D eigenvalue weighted by atomic mass is 32.1. The number of nitrogens with zero attached hydrogens (tertiary/aromatic N) is 1. The summed E-state index contributed by atoms with van der Waals surface area (Å²) < 4.78 is 8.91. The number of furan rings is 1. The first-order valence-corrected chi connectivity index (χ1v) is 13.3. The minimum Gasteiger partial charge on any atom is -0.460 e. The van der Waals surface area contributed by atoms with Gasteiger partial charge in [0.25, 0.3) is 0 Å². The van der Waals surface area contributed by atoms with E-state index in [0.717, 1.165) is 23.5 Å². The first-order chi connectivity index (χ1) is 16.7. The van der Waals surface area contributed by atoms with Crippen molar-refractivity contribution in [3.63, 3.8) is 0 Å². The summed E-state index contributed by atoms with van der Waals surface area (Å²) in [6.07, 6.45) is 2.99. The van der Waals surface area contributed by atoms with E-state index in [-0.39, 0.29) is 5.41 Å². The SMILES string of the molecule is Cc1oc2c(ccc3sc4c(-c5cc(C(C)(C)C)c6ccccc6c5)nccc4c32)c1CC(C)C. The molecule has 0 aliphatic carbocycles. The van der Waals surface area contributed by atoms with Crippen molar-refractivity contribution < 1.29 is 4.42 Å². The van der Waals surface area contributed by atoms with Crippen molar-refractivity contribution in [2.45, 2.75) is 53.4 Å². The van der Waals surface area contributed by atoms with Crippen molar-refractivity contribution >= 4 is 53.3 Å². The van der Waals surface area contributed by atoms with Gasteiger partial charge in [0.1, 0.15) is 11.3 Å². The van der Waals surface area contributed by atoms with Crippen LogP contribution in [-0.2, 0) is 11.8 Å². The van der Waals surface area contributed by atoms with Crippen LogP contribution in [0.1, 0.15) is 51.5 Å². The van der Waals surface area contributed by atoms with E-state index in [9.17, 15) is 0 Å². The fourth-order valence-electron chi connectivity index (χ4n) is 5.45. The van der Waals surface area contributed by atoms with Crippen molar-refractivity contribution in [2.24, 2.45) is 5.92 Å². The number of rotatable bonds is 3. The number of thiophene rings is 1. The maximum absolute atomic E-state index is 6.43. The number of aryl methyl sites for hydroxylation is 1. The average Bonchev–Trinajstić information content (AvgIpc) is 3.34. The fraction of sp³-hybridized carbons (Fsp3) is 0.281. The van der Waals surface area contributed by atoms with E-state index in [0.29, 0.717) is 5.92 Å². The van der Waals surface area contributed by atoms with E-state index in [2.05, 4.69) is 96.1 Å². The molecule has 2 nitrogen and oxygen atoms in total. The Morgan fingerprint density at radius 3 is 2.51 bits per heavy atom. The molecule has 3 aromatic heterocycles. The molecule has 0 atom stereocenters. The van der Waals surface area contributed by atoms with Crippen LogP contribution in [0.15, 0.2) is 65.2 Å². The van der Waals surface area contributed by atoms with E-state index in [1.165, 1.54) is 53.0 Å². The van der Waals surface area contributed by atoms with Crippen LogP contribution in [-0.4, -0.2) is 4.98 Å². The highest BCUT2D eigenvalue weighted by Gasteiger charge is 2.22. The second kappa shape index (κ2) is 7.93. The third kappa shape index (κ3) is 3.56. The van der Waals surface area contributed by atoms with Crippen LogP contribution in [0.25, 0.3) is 53.2 Å². The van der Waals surface area contributed by atoms with Crippen molar-refractivity contribution in [1.82, 2.24) is 4.98 Å². The number of fused-ring (bicyclic) bond motifs is 6. The van der Waals surface area contributed by atoms with Crippen molar-refractivity contribution in [1.29, 1.82) is 0 Å². The maximum atomic E-state index is 6.43. The van der Waals surface area contributed by atoms with Crippen molar-refractivity contribution in [2.75, 3.05) is 0 Å². The lowest BCUT2D eigenvalue weighted by molar-refractivity contribution is 0.562. The van der Waals surface area contributed by atoms with Crippen LogP contribution < -0.4 is 0 Å². The average molecular weight is 478 g/mol. The predicted octanol–water partition coefficient (Wildman–Crippen LogP) is 9.82. The first kappa shape index (κ1) is 22.3.